The van der Waals surface area contributed by atoms with Gasteiger partial charge in [-0.3, -0.25) is 4.68 Å². The number of halogens is 1. The Morgan fingerprint density at radius 3 is 3.00 bits per heavy atom. The lowest BCUT2D eigenvalue weighted by Crippen LogP contribution is -2.00. The van der Waals surface area contributed by atoms with Crippen LogP contribution in [0.4, 0.5) is 4.39 Å². The molecule has 16 heavy (non-hydrogen) atoms. The summed E-state index contributed by atoms with van der Waals surface area (Å²) in [5.41, 5.74) is 1.11. The van der Waals surface area contributed by atoms with E-state index in [0.29, 0.717) is 12.4 Å². The molecule has 3 nitrogen and oxygen atoms in total. The molecule has 1 aromatic heterocycles. The van der Waals surface area contributed by atoms with Crippen molar-refractivity contribution in [3.05, 3.63) is 48.0 Å². The summed E-state index contributed by atoms with van der Waals surface area (Å²) < 4.78 is 20.0. The second-order valence-corrected chi connectivity index (χ2v) is 3.58. The van der Waals surface area contributed by atoms with Gasteiger partial charge in [-0.1, -0.05) is 6.07 Å². The maximum atomic E-state index is 12.8. The Hall–Kier alpha value is -1.84. The van der Waals surface area contributed by atoms with Crippen molar-refractivity contribution in [3.63, 3.8) is 0 Å². The molecule has 2 aromatic rings. The fourth-order valence-corrected chi connectivity index (χ4v) is 1.44. The fraction of sp³-hybridized carbons (Fsp3) is 0.250. The van der Waals surface area contributed by atoms with E-state index < -0.39 is 0 Å². The van der Waals surface area contributed by atoms with Crippen molar-refractivity contribution in [3.8, 4) is 5.75 Å². The van der Waals surface area contributed by atoms with E-state index in [-0.39, 0.29) is 5.82 Å². The Morgan fingerprint density at radius 1 is 1.44 bits per heavy atom. The topological polar surface area (TPSA) is 27.1 Å². The molecule has 2 rings (SSSR count). The van der Waals surface area contributed by atoms with Crippen LogP contribution < -0.4 is 4.74 Å². The number of aryl methyl sites for hydroxylation is 1. The summed E-state index contributed by atoms with van der Waals surface area (Å²) >= 11 is 0. The minimum atomic E-state index is -0.279. The van der Waals surface area contributed by atoms with E-state index in [9.17, 15) is 4.39 Å². The number of benzene rings is 1. The smallest absolute Gasteiger partial charge is 0.126 e. The molecule has 0 fully saturated rings. The van der Waals surface area contributed by atoms with Gasteiger partial charge in [0.1, 0.15) is 11.6 Å². The first kappa shape index (κ1) is 10.7. The van der Waals surface area contributed by atoms with Gasteiger partial charge in [-0.25, -0.2) is 4.39 Å². The second kappa shape index (κ2) is 4.79. The summed E-state index contributed by atoms with van der Waals surface area (Å²) in [6, 6.07) is 6.15. The van der Waals surface area contributed by atoms with E-state index in [1.54, 1.807) is 23.0 Å². The van der Waals surface area contributed by atoms with Crippen LogP contribution in [0, 0.1) is 5.82 Å². The van der Waals surface area contributed by atoms with E-state index >= 15 is 0 Å². The summed E-state index contributed by atoms with van der Waals surface area (Å²) in [6.45, 7) is 0.523. The Morgan fingerprint density at radius 2 is 2.31 bits per heavy atom. The van der Waals surface area contributed by atoms with Crippen molar-refractivity contribution in [2.45, 2.75) is 6.42 Å². The van der Waals surface area contributed by atoms with Crippen LogP contribution in [0.5, 0.6) is 5.75 Å². The number of rotatable bonds is 4. The van der Waals surface area contributed by atoms with Gasteiger partial charge in [-0.05, 0) is 17.7 Å². The fourth-order valence-electron chi connectivity index (χ4n) is 1.44. The van der Waals surface area contributed by atoms with E-state index in [4.69, 9.17) is 4.74 Å². The lowest BCUT2D eigenvalue weighted by molar-refractivity contribution is 0.320. The minimum Gasteiger partial charge on any atom is -0.493 e. The van der Waals surface area contributed by atoms with E-state index in [1.165, 1.54) is 12.1 Å². The largest absolute Gasteiger partial charge is 0.493 e. The Labute approximate surface area is 93.5 Å². The van der Waals surface area contributed by atoms with Crippen LogP contribution in [0.3, 0.4) is 0 Å². The van der Waals surface area contributed by atoms with Gasteiger partial charge in [-0.2, -0.15) is 5.10 Å². The van der Waals surface area contributed by atoms with Crippen LogP contribution >= 0.6 is 0 Å². The van der Waals surface area contributed by atoms with Gasteiger partial charge >= 0.3 is 0 Å². The lowest BCUT2D eigenvalue weighted by Gasteiger charge is -2.04. The van der Waals surface area contributed by atoms with Crippen LogP contribution in [0.15, 0.2) is 36.7 Å². The summed E-state index contributed by atoms with van der Waals surface area (Å²) in [5.74, 6) is 0.280. The van der Waals surface area contributed by atoms with E-state index in [0.717, 1.165) is 12.0 Å². The van der Waals surface area contributed by atoms with Gasteiger partial charge in [0.25, 0.3) is 0 Å². The van der Waals surface area contributed by atoms with Gasteiger partial charge in [0.05, 0.1) is 12.8 Å². The van der Waals surface area contributed by atoms with Gasteiger partial charge in [0.15, 0.2) is 0 Å². The zero-order chi connectivity index (χ0) is 11.4. The molecule has 1 aromatic carbocycles. The highest BCUT2D eigenvalue weighted by Crippen LogP contribution is 2.12. The molecule has 0 saturated heterocycles. The van der Waals surface area contributed by atoms with Crippen molar-refractivity contribution >= 4 is 0 Å². The van der Waals surface area contributed by atoms with Crippen molar-refractivity contribution in [2.24, 2.45) is 7.05 Å². The molecule has 0 bridgehead atoms. The maximum absolute atomic E-state index is 12.8. The van der Waals surface area contributed by atoms with E-state index in [2.05, 4.69) is 5.10 Å². The molecule has 0 amide bonds. The molecule has 0 atom stereocenters. The number of aromatic nitrogens is 2. The molecule has 0 saturated carbocycles. The number of hydrogen-bond donors (Lipinski definition) is 0. The SMILES string of the molecule is Cn1cc(CCOc2cccc(F)c2)cn1. The quantitative estimate of drug-likeness (QED) is 0.789. The van der Waals surface area contributed by atoms with Crippen molar-refractivity contribution < 1.29 is 9.13 Å². The summed E-state index contributed by atoms with van der Waals surface area (Å²) in [7, 11) is 1.87. The molecule has 0 spiro atoms. The molecule has 0 aliphatic heterocycles. The normalized spacial score (nSPS) is 10.4. The molecule has 0 N–H and O–H groups in total. The third-order valence-corrected chi connectivity index (χ3v) is 2.21. The summed E-state index contributed by atoms with van der Waals surface area (Å²) in [6.07, 6.45) is 4.51. The Bertz CT molecular complexity index is 468. The van der Waals surface area contributed by atoms with Crippen LogP contribution in [0.2, 0.25) is 0 Å². The summed E-state index contributed by atoms with van der Waals surface area (Å²) in [5, 5.41) is 4.06. The highest BCUT2D eigenvalue weighted by molar-refractivity contribution is 5.22. The Balaban J connectivity index is 1.84. The molecule has 1 heterocycles. The van der Waals surface area contributed by atoms with Crippen molar-refractivity contribution in [1.29, 1.82) is 0 Å². The van der Waals surface area contributed by atoms with Gasteiger partial charge in [-0.15, -0.1) is 0 Å². The van der Waals surface area contributed by atoms with Crippen LogP contribution in [-0.4, -0.2) is 16.4 Å². The molecule has 0 aliphatic carbocycles. The number of hydrogen-bond acceptors (Lipinski definition) is 2. The predicted molar refractivity (Wildman–Crippen MR) is 58.8 cm³/mol. The van der Waals surface area contributed by atoms with E-state index in [1.807, 2.05) is 13.2 Å². The van der Waals surface area contributed by atoms with Gasteiger partial charge in [0.2, 0.25) is 0 Å². The molecule has 4 heteroatoms. The highest BCUT2D eigenvalue weighted by Gasteiger charge is 1.98. The average Bonchev–Trinajstić information content (AvgIpc) is 2.64. The third kappa shape index (κ3) is 2.82. The molecule has 0 aliphatic rings. The first-order chi connectivity index (χ1) is 7.74. The lowest BCUT2D eigenvalue weighted by atomic mass is 10.3. The highest BCUT2D eigenvalue weighted by atomic mass is 19.1. The van der Waals surface area contributed by atoms with Crippen molar-refractivity contribution in [1.82, 2.24) is 9.78 Å². The minimum absolute atomic E-state index is 0.279. The Kier molecular flexibility index (Phi) is 3.19. The standard InChI is InChI=1S/C12H13FN2O/c1-15-9-10(8-14-15)5-6-16-12-4-2-3-11(13)7-12/h2-4,7-9H,5-6H2,1H3. The maximum Gasteiger partial charge on any atom is 0.126 e. The number of ether oxygens (including phenoxy) is 1. The first-order valence-corrected chi connectivity index (χ1v) is 5.10. The third-order valence-electron chi connectivity index (χ3n) is 2.21. The van der Waals surface area contributed by atoms with Crippen LogP contribution in [-0.2, 0) is 13.5 Å². The molecular weight excluding hydrogens is 207 g/mol. The van der Waals surface area contributed by atoms with Crippen molar-refractivity contribution in [2.75, 3.05) is 6.61 Å². The van der Waals surface area contributed by atoms with Crippen LogP contribution in [0.25, 0.3) is 0 Å². The predicted octanol–water partition coefficient (Wildman–Crippen LogP) is 2.18. The van der Waals surface area contributed by atoms with Gasteiger partial charge in [0, 0.05) is 25.7 Å². The zero-order valence-electron chi connectivity index (χ0n) is 9.06. The second-order valence-electron chi connectivity index (χ2n) is 3.58. The van der Waals surface area contributed by atoms with Crippen LogP contribution in [0.1, 0.15) is 5.56 Å². The first-order valence-electron chi connectivity index (χ1n) is 5.10. The summed E-state index contributed by atoms with van der Waals surface area (Å²) in [4.78, 5) is 0. The molecule has 0 unspecified atom stereocenters. The molecule has 84 valence electrons. The van der Waals surface area contributed by atoms with Gasteiger partial charge < -0.3 is 4.74 Å². The monoisotopic (exact) mass is 220 g/mol. The molecular formula is C12H13FN2O. The zero-order valence-corrected chi connectivity index (χ0v) is 9.06. The number of nitrogens with zero attached hydrogens (tertiary/aromatic N) is 2. The molecule has 0 radical (unpaired) electrons. The average molecular weight is 220 g/mol.